The third-order valence-corrected chi connectivity index (χ3v) is 1.50. The second kappa shape index (κ2) is 4.82. The van der Waals surface area contributed by atoms with Crippen LogP contribution in [0.1, 0.15) is 33.6 Å². The molecule has 0 aliphatic rings. The van der Waals surface area contributed by atoms with Crippen molar-refractivity contribution in [1.82, 2.24) is 0 Å². The number of ether oxygens (including phenoxy) is 1. The standard InChI is InChI=1S/C8H16BrNO2/c1-8(2,3)12-7(11)5-4-6(9)10/h6H,4-5,10H2,1-3H3. The van der Waals surface area contributed by atoms with E-state index in [0.717, 1.165) is 0 Å². The minimum absolute atomic E-state index is 0.120. The molecule has 0 radical (unpaired) electrons. The summed E-state index contributed by atoms with van der Waals surface area (Å²) in [6.07, 6.45) is 0.971. The molecule has 0 saturated carbocycles. The first-order valence-corrected chi connectivity index (χ1v) is 4.84. The van der Waals surface area contributed by atoms with Crippen molar-refractivity contribution in [3.63, 3.8) is 0 Å². The van der Waals surface area contributed by atoms with E-state index < -0.39 is 5.60 Å². The molecule has 4 heteroatoms. The van der Waals surface area contributed by atoms with E-state index in [2.05, 4.69) is 15.9 Å². The van der Waals surface area contributed by atoms with E-state index in [1.807, 2.05) is 20.8 Å². The second-order valence-corrected chi connectivity index (χ2v) is 4.82. The summed E-state index contributed by atoms with van der Waals surface area (Å²) < 4.78 is 5.07. The smallest absolute Gasteiger partial charge is 0.306 e. The molecule has 0 aromatic rings. The maximum absolute atomic E-state index is 11.1. The van der Waals surface area contributed by atoms with Gasteiger partial charge in [-0.3, -0.25) is 4.79 Å². The first-order valence-electron chi connectivity index (χ1n) is 3.93. The zero-order valence-electron chi connectivity index (χ0n) is 7.76. The van der Waals surface area contributed by atoms with Gasteiger partial charge in [-0.05, 0) is 27.2 Å². The lowest BCUT2D eigenvalue weighted by Crippen LogP contribution is -2.24. The average molecular weight is 238 g/mol. The molecular weight excluding hydrogens is 222 g/mol. The van der Waals surface area contributed by atoms with Crippen LogP contribution in [-0.2, 0) is 9.53 Å². The lowest BCUT2D eigenvalue weighted by molar-refractivity contribution is -0.154. The Morgan fingerprint density at radius 1 is 1.58 bits per heavy atom. The van der Waals surface area contributed by atoms with Gasteiger partial charge in [-0.15, -0.1) is 0 Å². The van der Waals surface area contributed by atoms with Crippen LogP contribution in [0.2, 0.25) is 0 Å². The number of hydrogen-bond donors (Lipinski definition) is 1. The molecule has 1 unspecified atom stereocenters. The fourth-order valence-corrected chi connectivity index (χ4v) is 0.877. The maximum Gasteiger partial charge on any atom is 0.306 e. The highest BCUT2D eigenvalue weighted by Crippen LogP contribution is 2.10. The zero-order chi connectivity index (χ0) is 9.78. The molecule has 1 atom stereocenters. The lowest BCUT2D eigenvalue weighted by atomic mass is 10.2. The molecule has 0 aromatic carbocycles. The third-order valence-electron chi connectivity index (χ3n) is 1.04. The SMILES string of the molecule is CC(C)(C)OC(=O)CCC(N)Br. The van der Waals surface area contributed by atoms with Crippen molar-refractivity contribution in [2.75, 3.05) is 0 Å². The molecule has 72 valence electrons. The van der Waals surface area contributed by atoms with Crippen molar-refractivity contribution in [2.45, 2.75) is 44.2 Å². The summed E-state index contributed by atoms with van der Waals surface area (Å²) in [5.74, 6) is -0.197. The summed E-state index contributed by atoms with van der Waals surface area (Å²) in [5.41, 5.74) is 5.02. The van der Waals surface area contributed by atoms with E-state index in [-0.39, 0.29) is 10.9 Å². The molecule has 0 aromatic heterocycles. The quantitative estimate of drug-likeness (QED) is 0.463. The predicted molar refractivity (Wildman–Crippen MR) is 52.0 cm³/mol. The predicted octanol–water partition coefficient (Wildman–Crippen LogP) is 1.79. The first kappa shape index (κ1) is 11.9. The number of nitrogens with two attached hydrogens (primary N) is 1. The van der Waals surface area contributed by atoms with Gasteiger partial charge in [-0.25, -0.2) is 0 Å². The van der Waals surface area contributed by atoms with Crippen LogP contribution < -0.4 is 5.73 Å². The van der Waals surface area contributed by atoms with Gasteiger partial charge in [-0.1, -0.05) is 15.9 Å². The third kappa shape index (κ3) is 8.01. The van der Waals surface area contributed by atoms with Gasteiger partial charge < -0.3 is 10.5 Å². The van der Waals surface area contributed by atoms with Gasteiger partial charge >= 0.3 is 5.97 Å². The Morgan fingerprint density at radius 2 is 2.08 bits per heavy atom. The summed E-state index contributed by atoms with van der Waals surface area (Å²) >= 11 is 3.15. The van der Waals surface area contributed by atoms with E-state index in [1.165, 1.54) is 0 Å². The fourth-order valence-electron chi connectivity index (χ4n) is 0.648. The van der Waals surface area contributed by atoms with Gasteiger partial charge in [0.1, 0.15) is 5.60 Å². The number of rotatable bonds is 3. The summed E-state index contributed by atoms with van der Waals surface area (Å²) in [7, 11) is 0. The molecule has 0 saturated heterocycles. The molecule has 12 heavy (non-hydrogen) atoms. The van der Waals surface area contributed by atoms with Crippen LogP contribution in [0, 0.1) is 0 Å². The first-order chi connectivity index (χ1) is 5.31. The van der Waals surface area contributed by atoms with E-state index in [4.69, 9.17) is 10.5 Å². The van der Waals surface area contributed by atoms with Crippen LogP contribution in [0.4, 0.5) is 0 Å². The zero-order valence-corrected chi connectivity index (χ0v) is 9.35. The van der Waals surface area contributed by atoms with Gasteiger partial charge in [0, 0.05) is 6.42 Å². The molecule has 0 aliphatic heterocycles. The molecule has 2 N–H and O–H groups in total. The Hall–Kier alpha value is -0.0900. The average Bonchev–Trinajstić information content (AvgIpc) is 1.79. The van der Waals surface area contributed by atoms with E-state index in [0.29, 0.717) is 12.8 Å². The molecular formula is C8H16BrNO2. The van der Waals surface area contributed by atoms with E-state index in [9.17, 15) is 4.79 Å². The topological polar surface area (TPSA) is 52.3 Å². The van der Waals surface area contributed by atoms with Crippen molar-refractivity contribution in [2.24, 2.45) is 5.73 Å². The Balaban J connectivity index is 3.61. The van der Waals surface area contributed by atoms with Crippen LogP contribution >= 0.6 is 15.9 Å². The fraction of sp³-hybridized carbons (Fsp3) is 0.875. The molecule has 0 amide bonds. The number of carbonyl (C=O) groups is 1. The monoisotopic (exact) mass is 237 g/mol. The van der Waals surface area contributed by atoms with Crippen molar-refractivity contribution < 1.29 is 9.53 Å². The summed E-state index contributed by atoms with van der Waals surface area (Å²) in [6, 6.07) is 0. The van der Waals surface area contributed by atoms with Gasteiger partial charge in [0.25, 0.3) is 0 Å². The van der Waals surface area contributed by atoms with Crippen molar-refractivity contribution in [1.29, 1.82) is 0 Å². The Labute approximate surface area is 81.8 Å². The Bertz CT molecular complexity index is 152. The normalized spacial score (nSPS) is 14.1. The van der Waals surface area contributed by atoms with Crippen LogP contribution in [0.5, 0.6) is 0 Å². The number of halogens is 1. The highest BCUT2D eigenvalue weighted by molar-refractivity contribution is 9.09. The summed E-state index contributed by atoms with van der Waals surface area (Å²) in [5, 5.41) is 0. The lowest BCUT2D eigenvalue weighted by Gasteiger charge is -2.19. The highest BCUT2D eigenvalue weighted by Gasteiger charge is 2.16. The molecule has 0 fully saturated rings. The number of carbonyl (C=O) groups excluding carboxylic acids is 1. The second-order valence-electron chi connectivity index (χ2n) is 3.64. The van der Waals surface area contributed by atoms with Gasteiger partial charge in [0.15, 0.2) is 0 Å². The molecule has 0 heterocycles. The Morgan fingerprint density at radius 3 is 2.42 bits per heavy atom. The van der Waals surface area contributed by atoms with Crippen LogP contribution in [0.15, 0.2) is 0 Å². The van der Waals surface area contributed by atoms with Gasteiger partial charge in [-0.2, -0.15) is 0 Å². The van der Waals surface area contributed by atoms with Crippen LogP contribution in [0.25, 0.3) is 0 Å². The van der Waals surface area contributed by atoms with Gasteiger partial charge in [0.2, 0.25) is 0 Å². The minimum Gasteiger partial charge on any atom is -0.460 e. The largest absolute Gasteiger partial charge is 0.460 e. The van der Waals surface area contributed by atoms with Crippen LogP contribution in [0.3, 0.4) is 0 Å². The number of alkyl halides is 1. The van der Waals surface area contributed by atoms with Crippen LogP contribution in [-0.4, -0.2) is 16.5 Å². The molecule has 0 bridgehead atoms. The Kier molecular flexibility index (Phi) is 4.78. The van der Waals surface area contributed by atoms with E-state index in [1.54, 1.807) is 0 Å². The molecule has 0 spiro atoms. The molecule has 0 rings (SSSR count). The number of hydrogen-bond acceptors (Lipinski definition) is 3. The molecule has 3 nitrogen and oxygen atoms in total. The van der Waals surface area contributed by atoms with E-state index >= 15 is 0 Å². The molecule has 0 aliphatic carbocycles. The minimum atomic E-state index is -0.395. The maximum atomic E-state index is 11.1. The van der Waals surface area contributed by atoms with Crippen molar-refractivity contribution in [3.05, 3.63) is 0 Å². The summed E-state index contributed by atoms with van der Waals surface area (Å²) in [6.45, 7) is 5.54. The van der Waals surface area contributed by atoms with Crippen molar-refractivity contribution in [3.8, 4) is 0 Å². The summed E-state index contributed by atoms with van der Waals surface area (Å²) in [4.78, 5) is 10.9. The highest BCUT2D eigenvalue weighted by atomic mass is 79.9. The van der Waals surface area contributed by atoms with Crippen molar-refractivity contribution >= 4 is 21.9 Å². The number of esters is 1. The van der Waals surface area contributed by atoms with Gasteiger partial charge in [0.05, 0.1) is 4.95 Å².